The minimum Gasteiger partial charge on any atom is -0.349 e. The maximum absolute atomic E-state index is 12.7. The smallest absolute Gasteiger partial charge is 0.270 e. The SMILES string of the molecule is O=C(NC1CCCC(NC(=O)c2ccnc(Nc3ccncc3)n2)C1)c1ccccc1. The second-order valence-corrected chi connectivity index (χ2v) is 7.50. The van der Waals surface area contributed by atoms with Crippen molar-refractivity contribution in [1.29, 1.82) is 0 Å². The molecule has 0 radical (unpaired) electrons. The monoisotopic (exact) mass is 416 g/mol. The van der Waals surface area contributed by atoms with Crippen LogP contribution in [0.3, 0.4) is 0 Å². The molecule has 1 saturated carbocycles. The van der Waals surface area contributed by atoms with Crippen molar-refractivity contribution >= 4 is 23.5 Å². The average Bonchev–Trinajstić information content (AvgIpc) is 2.81. The number of aromatic nitrogens is 3. The van der Waals surface area contributed by atoms with E-state index in [1.54, 1.807) is 48.9 Å². The van der Waals surface area contributed by atoms with Crippen LogP contribution in [0.2, 0.25) is 0 Å². The molecule has 158 valence electrons. The van der Waals surface area contributed by atoms with E-state index in [1.165, 1.54) is 0 Å². The van der Waals surface area contributed by atoms with E-state index in [9.17, 15) is 9.59 Å². The van der Waals surface area contributed by atoms with Gasteiger partial charge in [-0.1, -0.05) is 18.2 Å². The normalized spacial score (nSPS) is 18.1. The van der Waals surface area contributed by atoms with Gasteiger partial charge in [-0.2, -0.15) is 0 Å². The minimum absolute atomic E-state index is 0.0195. The molecule has 8 nitrogen and oxygen atoms in total. The number of amides is 2. The Kier molecular flexibility index (Phi) is 6.47. The summed E-state index contributed by atoms with van der Waals surface area (Å²) in [5, 5.41) is 9.19. The molecule has 0 bridgehead atoms. The van der Waals surface area contributed by atoms with E-state index in [0.29, 0.717) is 23.6 Å². The highest BCUT2D eigenvalue weighted by atomic mass is 16.2. The Hall–Kier alpha value is -3.81. The molecule has 3 N–H and O–H groups in total. The summed E-state index contributed by atoms with van der Waals surface area (Å²) >= 11 is 0. The van der Waals surface area contributed by atoms with Gasteiger partial charge in [-0.3, -0.25) is 14.6 Å². The van der Waals surface area contributed by atoms with Crippen molar-refractivity contribution in [1.82, 2.24) is 25.6 Å². The Labute approximate surface area is 180 Å². The molecule has 8 heteroatoms. The Balaban J connectivity index is 1.34. The molecule has 1 aliphatic carbocycles. The molecule has 0 spiro atoms. The van der Waals surface area contributed by atoms with Crippen LogP contribution in [0.1, 0.15) is 46.5 Å². The van der Waals surface area contributed by atoms with Crippen molar-refractivity contribution in [2.75, 3.05) is 5.32 Å². The third-order valence-corrected chi connectivity index (χ3v) is 5.21. The molecule has 3 aromatic rings. The van der Waals surface area contributed by atoms with Gasteiger partial charge < -0.3 is 16.0 Å². The van der Waals surface area contributed by atoms with E-state index in [1.807, 2.05) is 18.2 Å². The molecule has 4 rings (SSSR count). The van der Waals surface area contributed by atoms with E-state index in [-0.39, 0.29) is 23.9 Å². The van der Waals surface area contributed by atoms with Gasteiger partial charge >= 0.3 is 0 Å². The van der Waals surface area contributed by atoms with Crippen molar-refractivity contribution in [3.63, 3.8) is 0 Å². The van der Waals surface area contributed by atoms with Gasteiger partial charge in [-0.05, 0) is 56.0 Å². The van der Waals surface area contributed by atoms with Gasteiger partial charge in [0.15, 0.2) is 0 Å². The number of hydrogen-bond donors (Lipinski definition) is 3. The number of hydrogen-bond acceptors (Lipinski definition) is 6. The van der Waals surface area contributed by atoms with Crippen molar-refractivity contribution in [3.8, 4) is 0 Å². The quantitative estimate of drug-likeness (QED) is 0.570. The molecular weight excluding hydrogens is 392 g/mol. The van der Waals surface area contributed by atoms with E-state index in [4.69, 9.17) is 0 Å². The number of benzene rings is 1. The Bertz CT molecular complexity index is 1030. The van der Waals surface area contributed by atoms with Crippen LogP contribution < -0.4 is 16.0 Å². The minimum atomic E-state index is -0.250. The third kappa shape index (κ3) is 5.63. The van der Waals surface area contributed by atoms with Crippen LogP contribution >= 0.6 is 0 Å². The van der Waals surface area contributed by atoms with E-state index in [0.717, 1.165) is 24.9 Å². The summed E-state index contributed by atoms with van der Waals surface area (Å²) in [7, 11) is 0. The van der Waals surface area contributed by atoms with Crippen LogP contribution in [0.5, 0.6) is 0 Å². The first-order valence-corrected chi connectivity index (χ1v) is 10.3. The fourth-order valence-electron chi connectivity index (χ4n) is 3.68. The zero-order valence-corrected chi connectivity index (χ0v) is 17.0. The standard InChI is InChI=1S/C23H24N6O2/c30-21(16-5-2-1-3-6-16)26-18-7-4-8-19(15-18)27-22(31)20-11-14-25-23(29-20)28-17-9-12-24-13-10-17/h1-3,5-6,9-14,18-19H,4,7-8,15H2,(H,26,30)(H,27,31)(H,24,25,28,29). The lowest BCUT2D eigenvalue weighted by Crippen LogP contribution is -2.46. The number of anilines is 2. The zero-order valence-electron chi connectivity index (χ0n) is 17.0. The first-order chi connectivity index (χ1) is 15.2. The van der Waals surface area contributed by atoms with Gasteiger partial charge in [-0.15, -0.1) is 0 Å². The van der Waals surface area contributed by atoms with Crippen LogP contribution in [0.4, 0.5) is 11.6 Å². The molecule has 2 unspecified atom stereocenters. The maximum Gasteiger partial charge on any atom is 0.270 e. The Morgan fingerprint density at radius 1 is 0.839 bits per heavy atom. The van der Waals surface area contributed by atoms with E-state index in [2.05, 4.69) is 30.9 Å². The molecule has 1 aromatic carbocycles. The number of carbonyl (C=O) groups is 2. The molecule has 1 fully saturated rings. The Morgan fingerprint density at radius 3 is 2.29 bits per heavy atom. The molecule has 31 heavy (non-hydrogen) atoms. The predicted octanol–water partition coefficient (Wildman–Crippen LogP) is 3.09. The zero-order chi connectivity index (χ0) is 21.5. The van der Waals surface area contributed by atoms with Crippen molar-refractivity contribution in [2.45, 2.75) is 37.8 Å². The van der Waals surface area contributed by atoms with Gasteiger partial charge in [0, 0.05) is 41.9 Å². The number of pyridine rings is 1. The summed E-state index contributed by atoms with van der Waals surface area (Å²) in [6, 6.07) is 14.4. The summed E-state index contributed by atoms with van der Waals surface area (Å²) in [5.74, 6) is 0.0101. The molecular formula is C23H24N6O2. The average molecular weight is 416 g/mol. The summed E-state index contributed by atoms with van der Waals surface area (Å²) in [5.41, 5.74) is 1.72. The molecule has 2 heterocycles. The van der Waals surface area contributed by atoms with Crippen LogP contribution in [-0.2, 0) is 0 Å². The number of rotatable bonds is 6. The molecule has 2 atom stereocenters. The molecule has 1 aliphatic rings. The topological polar surface area (TPSA) is 109 Å². The highest BCUT2D eigenvalue weighted by Gasteiger charge is 2.25. The third-order valence-electron chi connectivity index (χ3n) is 5.21. The van der Waals surface area contributed by atoms with Crippen LogP contribution in [0, 0.1) is 0 Å². The highest BCUT2D eigenvalue weighted by Crippen LogP contribution is 2.20. The lowest BCUT2D eigenvalue weighted by atomic mass is 9.90. The first-order valence-electron chi connectivity index (χ1n) is 10.3. The van der Waals surface area contributed by atoms with Gasteiger partial charge in [0.25, 0.3) is 11.8 Å². The highest BCUT2D eigenvalue weighted by molar-refractivity contribution is 5.94. The fourth-order valence-corrected chi connectivity index (χ4v) is 3.68. The van der Waals surface area contributed by atoms with Crippen LogP contribution in [0.25, 0.3) is 0 Å². The molecule has 0 aliphatic heterocycles. The number of carbonyl (C=O) groups excluding carboxylic acids is 2. The van der Waals surface area contributed by atoms with Crippen LogP contribution in [0.15, 0.2) is 67.1 Å². The van der Waals surface area contributed by atoms with Crippen molar-refractivity contribution < 1.29 is 9.59 Å². The molecule has 2 amide bonds. The summed E-state index contributed by atoms with van der Waals surface area (Å²) in [4.78, 5) is 37.6. The first kappa shape index (κ1) is 20.5. The lowest BCUT2D eigenvalue weighted by Gasteiger charge is -2.30. The van der Waals surface area contributed by atoms with Crippen molar-refractivity contribution in [2.24, 2.45) is 0 Å². The van der Waals surface area contributed by atoms with E-state index >= 15 is 0 Å². The van der Waals surface area contributed by atoms with Gasteiger partial charge in [0.05, 0.1) is 0 Å². The molecule has 2 aromatic heterocycles. The second-order valence-electron chi connectivity index (χ2n) is 7.50. The summed E-state index contributed by atoms with van der Waals surface area (Å²) < 4.78 is 0. The van der Waals surface area contributed by atoms with Gasteiger partial charge in [0.2, 0.25) is 5.95 Å². The largest absolute Gasteiger partial charge is 0.349 e. The second kappa shape index (κ2) is 9.80. The lowest BCUT2D eigenvalue weighted by molar-refractivity contribution is 0.0900. The Morgan fingerprint density at radius 2 is 1.55 bits per heavy atom. The fraction of sp³-hybridized carbons (Fsp3) is 0.261. The number of nitrogens with one attached hydrogen (secondary N) is 3. The number of nitrogens with zero attached hydrogens (tertiary/aromatic N) is 3. The van der Waals surface area contributed by atoms with Crippen molar-refractivity contribution in [3.05, 3.63) is 78.4 Å². The predicted molar refractivity (Wildman–Crippen MR) is 117 cm³/mol. The summed E-state index contributed by atoms with van der Waals surface area (Å²) in [6.07, 6.45) is 8.27. The summed E-state index contributed by atoms with van der Waals surface area (Å²) in [6.45, 7) is 0. The molecule has 0 saturated heterocycles. The van der Waals surface area contributed by atoms with E-state index < -0.39 is 0 Å². The van der Waals surface area contributed by atoms with Gasteiger partial charge in [-0.25, -0.2) is 9.97 Å². The van der Waals surface area contributed by atoms with Gasteiger partial charge in [0.1, 0.15) is 5.69 Å². The maximum atomic E-state index is 12.7. The van der Waals surface area contributed by atoms with Crippen LogP contribution in [-0.4, -0.2) is 38.8 Å².